The summed E-state index contributed by atoms with van der Waals surface area (Å²) in [4.78, 5) is 16.3. The van der Waals surface area contributed by atoms with Crippen molar-refractivity contribution in [3.63, 3.8) is 0 Å². The van der Waals surface area contributed by atoms with Gasteiger partial charge in [0, 0.05) is 0 Å². The predicted octanol–water partition coefficient (Wildman–Crippen LogP) is 3.47. The molecule has 0 fully saturated rings. The Morgan fingerprint density at radius 2 is 2.00 bits per heavy atom. The molecule has 1 N–H and O–H groups in total. The number of benzene rings is 2. The quantitative estimate of drug-likeness (QED) is 0.416. The maximum atomic E-state index is 11.9. The average molecular weight is 355 g/mol. The van der Waals surface area contributed by atoms with Gasteiger partial charge in [0.2, 0.25) is 0 Å². The van der Waals surface area contributed by atoms with Crippen LogP contribution < -0.4 is 10.2 Å². The summed E-state index contributed by atoms with van der Waals surface area (Å²) in [5, 5.41) is 4.58. The van der Waals surface area contributed by atoms with Crippen LogP contribution in [0.25, 0.3) is 11.1 Å². The van der Waals surface area contributed by atoms with E-state index in [1.54, 1.807) is 7.11 Å². The molecule has 0 saturated heterocycles. The Balaban J connectivity index is 1.54. The molecule has 0 spiro atoms. The van der Waals surface area contributed by atoms with Gasteiger partial charge in [-0.15, -0.1) is 0 Å². The number of hydrogen-bond acceptors (Lipinski definition) is 6. The summed E-state index contributed by atoms with van der Waals surface area (Å²) >= 11 is 1.23. The normalized spacial score (nSPS) is 11.5. The second-order valence-electron chi connectivity index (χ2n) is 5.20. The third kappa shape index (κ3) is 4.39. The lowest BCUT2D eigenvalue weighted by atomic mass is 10.1. The Bertz CT molecular complexity index is 870. The molecule has 1 aromatic heterocycles. The van der Waals surface area contributed by atoms with Gasteiger partial charge in [-0.25, -0.2) is 10.4 Å². The molecule has 128 valence electrons. The number of rotatable bonds is 6. The van der Waals surface area contributed by atoms with E-state index in [-0.39, 0.29) is 11.7 Å². The van der Waals surface area contributed by atoms with Gasteiger partial charge in [-0.1, -0.05) is 23.9 Å². The van der Waals surface area contributed by atoms with Crippen molar-refractivity contribution in [2.75, 3.05) is 12.9 Å². The number of fused-ring (bicyclic) bond motifs is 1. The average Bonchev–Trinajstić information content (AvgIpc) is 3.07. The summed E-state index contributed by atoms with van der Waals surface area (Å²) in [5.41, 5.74) is 5.65. The van der Waals surface area contributed by atoms with E-state index in [1.807, 2.05) is 55.5 Å². The van der Waals surface area contributed by atoms with Gasteiger partial charge < -0.3 is 9.15 Å². The molecule has 0 aliphatic carbocycles. The zero-order valence-electron chi connectivity index (χ0n) is 13.9. The fourth-order valence-corrected chi connectivity index (χ4v) is 2.75. The molecule has 0 radical (unpaired) electrons. The van der Waals surface area contributed by atoms with Crippen LogP contribution in [0, 0.1) is 0 Å². The van der Waals surface area contributed by atoms with Crippen LogP contribution in [-0.4, -0.2) is 29.5 Å². The fourth-order valence-electron chi connectivity index (χ4n) is 2.12. The van der Waals surface area contributed by atoms with E-state index >= 15 is 0 Å². The van der Waals surface area contributed by atoms with E-state index in [9.17, 15) is 4.79 Å². The van der Waals surface area contributed by atoms with E-state index < -0.39 is 0 Å². The highest BCUT2D eigenvalue weighted by atomic mass is 32.2. The smallest absolute Gasteiger partial charge is 0.257 e. The van der Waals surface area contributed by atoms with Crippen molar-refractivity contribution in [3.8, 4) is 5.75 Å². The minimum atomic E-state index is -0.222. The second-order valence-corrected chi connectivity index (χ2v) is 6.12. The van der Waals surface area contributed by atoms with Gasteiger partial charge in [0.25, 0.3) is 11.1 Å². The van der Waals surface area contributed by atoms with Crippen LogP contribution in [0.5, 0.6) is 5.75 Å². The monoisotopic (exact) mass is 355 g/mol. The number of hydrogen-bond donors (Lipinski definition) is 1. The van der Waals surface area contributed by atoms with Crippen molar-refractivity contribution < 1.29 is 13.9 Å². The molecule has 0 aliphatic heterocycles. The molecule has 0 bridgehead atoms. The lowest BCUT2D eigenvalue weighted by Crippen LogP contribution is -2.21. The fraction of sp³-hybridized carbons (Fsp3) is 0.167. The first-order valence-corrected chi connectivity index (χ1v) is 8.60. The van der Waals surface area contributed by atoms with Gasteiger partial charge in [0.05, 0.1) is 18.6 Å². The standard InChI is InChI=1S/C18H17N3O3S/c1-12(13-7-9-14(23-2)10-8-13)20-21-17(22)11-25-18-19-15-5-3-4-6-16(15)24-18/h3-10H,11H2,1-2H3,(H,21,22). The molecule has 1 heterocycles. The third-order valence-corrected chi connectivity index (χ3v) is 4.29. The van der Waals surface area contributed by atoms with Crippen LogP contribution in [-0.2, 0) is 4.79 Å². The van der Waals surface area contributed by atoms with Crippen molar-refractivity contribution in [1.29, 1.82) is 0 Å². The largest absolute Gasteiger partial charge is 0.497 e. The number of nitrogens with zero attached hydrogens (tertiary/aromatic N) is 2. The van der Waals surface area contributed by atoms with Gasteiger partial charge in [-0.05, 0) is 48.9 Å². The van der Waals surface area contributed by atoms with E-state index in [4.69, 9.17) is 9.15 Å². The number of aromatic nitrogens is 1. The molecule has 0 unspecified atom stereocenters. The molecule has 3 rings (SSSR count). The van der Waals surface area contributed by atoms with Crippen molar-refractivity contribution in [1.82, 2.24) is 10.4 Å². The summed E-state index contributed by atoms with van der Waals surface area (Å²) < 4.78 is 10.7. The zero-order valence-corrected chi connectivity index (χ0v) is 14.7. The molecule has 3 aromatic rings. The molecule has 25 heavy (non-hydrogen) atoms. The summed E-state index contributed by atoms with van der Waals surface area (Å²) in [6.07, 6.45) is 0. The number of carbonyl (C=O) groups is 1. The summed E-state index contributed by atoms with van der Waals surface area (Å²) in [5.74, 6) is 0.724. The predicted molar refractivity (Wildman–Crippen MR) is 98.1 cm³/mol. The van der Waals surface area contributed by atoms with Crippen LogP contribution in [0.1, 0.15) is 12.5 Å². The molecule has 1 amide bonds. The number of ether oxygens (including phenoxy) is 1. The minimum absolute atomic E-state index is 0.173. The van der Waals surface area contributed by atoms with E-state index in [1.165, 1.54) is 11.8 Å². The number of thioether (sulfide) groups is 1. The van der Waals surface area contributed by atoms with E-state index in [0.717, 1.165) is 16.8 Å². The molecule has 7 heteroatoms. The second kappa shape index (κ2) is 7.85. The molecule has 0 saturated carbocycles. The SMILES string of the molecule is COc1ccc(C(C)=NNC(=O)CSc2nc3ccccc3o2)cc1. The number of hydrazone groups is 1. The number of nitrogens with one attached hydrogen (secondary N) is 1. The van der Waals surface area contributed by atoms with Gasteiger partial charge in [0.1, 0.15) is 11.3 Å². The summed E-state index contributed by atoms with van der Waals surface area (Å²) in [6.45, 7) is 1.83. The van der Waals surface area contributed by atoms with E-state index in [2.05, 4.69) is 15.5 Å². The maximum absolute atomic E-state index is 11.9. The molecule has 2 aromatic carbocycles. The summed E-state index contributed by atoms with van der Waals surface area (Å²) in [7, 11) is 1.62. The first kappa shape index (κ1) is 17.0. The van der Waals surface area contributed by atoms with Crippen molar-refractivity contribution in [2.45, 2.75) is 12.1 Å². The van der Waals surface area contributed by atoms with Crippen LogP contribution in [0.15, 0.2) is 63.3 Å². The highest BCUT2D eigenvalue weighted by Gasteiger charge is 2.09. The van der Waals surface area contributed by atoms with Crippen LogP contribution in [0.2, 0.25) is 0 Å². The molecule has 0 aliphatic rings. The Morgan fingerprint density at radius 3 is 2.72 bits per heavy atom. The van der Waals surface area contributed by atoms with Crippen molar-refractivity contribution in [3.05, 3.63) is 54.1 Å². The van der Waals surface area contributed by atoms with E-state index in [0.29, 0.717) is 16.5 Å². The Kier molecular flexibility index (Phi) is 5.35. The van der Waals surface area contributed by atoms with Gasteiger partial charge in [-0.2, -0.15) is 5.10 Å². The highest BCUT2D eigenvalue weighted by molar-refractivity contribution is 7.99. The van der Waals surface area contributed by atoms with Crippen LogP contribution in [0.4, 0.5) is 0 Å². The van der Waals surface area contributed by atoms with Gasteiger partial charge in [-0.3, -0.25) is 4.79 Å². The maximum Gasteiger partial charge on any atom is 0.257 e. The molecule has 6 nitrogen and oxygen atoms in total. The lowest BCUT2D eigenvalue weighted by Gasteiger charge is -2.04. The van der Waals surface area contributed by atoms with Crippen molar-refractivity contribution >= 4 is 34.5 Å². The van der Waals surface area contributed by atoms with Gasteiger partial charge in [0.15, 0.2) is 5.58 Å². The minimum Gasteiger partial charge on any atom is -0.497 e. The Labute approximate surface area is 149 Å². The number of carbonyl (C=O) groups excluding carboxylic acids is 1. The highest BCUT2D eigenvalue weighted by Crippen LogP contribution is 2.22. The van der Waals surface area contributed by atoms with Crippen molar-refractivity contribution in [2.24, 2.45) is 5.10 Å². The number of oxazole rings is 1. The van der Waals surface area contributed by atoms with Crippen LogP contribution >= 0.6 is 11.8 Å². The Hall–Kier alpha value is -2.80. The topological polar surface area (TPSA) is 76.7 Å². The number of methoxy groups -OCH3 is 1. The lowest BCUT2D eigenvalue weighted by molar-refractivity contribution is -0.118. The van der Waals surface area contributed by atoms with Gasteiger partial charge >= 0.3 is 0 Å². The third-order valence-electron chi connectivity index (χ3n) is 3.46. The summed E-state index contributed by atoms with van der Waals surface area (Å²) in [6, 6.07) is 14.9. The Morgan fingerprint density at radius 1 is 1.24 bits per heavy atom. The van der Waals surface area contributed by atoms with Crippen LogP contribution in [0.3, 0.4) is 0 Å². The number of amides is 1. The molecular weight excluding hydrogens is 338 g/mol. The zero-order chi connectivity index (χ0) is 17.6. The first-order valence-electron chi connectivity index (χ1n) is 7.61. The molecular formula is C18H17N3O3S. The first-order chi connectivity index (χ1) is 12.2. The molecule has 0 atom stereocenters. The number of para-hydroxylation sites is 2.